The fraction of sp³-hybridized carbons (Fsp3) is 0.500. The van der Waals surface area contributed by atoms with Gasteiger partial charge in [-0.05, 0) is 36.8 Å². The maximum absolute atomic E-state index is 12.1. The third-order valence-electron chi connectivity index (χ3n) is 4.12. The Morgan fingerprint density at radius 1 is 1.39 bits per heavy atom. The molecule has 0 aliphatic heterocycles. The average molecular weight is 247 g/mol. The maximum Gasteiger partial charge on any atom is 0.253 e. The zero-order valence-corrected chi connectivity index (χ0v) is 10.8. The molecule has 0 bridgehead atoms. The van der Waals surface area contributed by atoms with Gasteiger partial charge in [0.2, 0.25) is 0 Å². The summed E-state index contributed by atoms with van der Waals surface area (Å²) < 4.78 is 0. The van der Waals surface area contributed by atoms with Crippen molar-refractivity contribution in [2.75, 3.05) is 12.0 Å². The molecule has 1 amide bonds. The van der Waals surface area contributed by atoms with Crippen LogP contribution in [0, 0.1) is 5.41 Å². The first-order chi connectivity index (χ1) is 8.71. The molecule has 2 rings (SSSR count). The van der Waals surface area contributed by atoms with Gasteiger partial charge < -0.3 is 10.7 Å². The van der Waals surface area contributed by atoms with Crippen LogP contribution in [-0.2, 0) is 0 Å². The molecule has 1 aromatic carbocycles. The minimum absolute atomic E-state index is 0.0525. The molecule has 4 heteroatoms. The third-order valence-corrected chi connectivity index (χ3v) is 4.12. The predicted octanol–water partition coefficient (Wildman–Crippen LogP) is 2.28. The molecule has 18 heavy (non-hydrogen) atoms. The molecule has 1 aliphatic carbocycles. The monoisotopic (exact) mass is 247 g/mol. The molecule has 1 saturated carbocycles. The number of hydrogen-bond donors (Lipinski definition) is 3. The SMILES string of the molecule is CCC1(CNC(=O)c2ccccc2NN)CCC1. The Morgan fingerprint density at radius 2 is 2.11 bits per heavy atom. The molecule has 0 aromatic heterocycles. The Labute approximate surface area is 108 Å². The van der Waals surface area contributed by atoms with Crippen LogP contribution < -0.4 is 16.6 Å². The van der Waals surface area contributed by atoms with Crippen LogP contribution in [0.5, 0.6) is 0 Å². The van der Waals surface area contributed by atoms with Crippen LogP contribution in [0.4, 0.5) is 5.69 Å². The lowest BCUT2D eigenvalue weighted by molar-refractivity contribution is 0.0851. The van der Waals surface area contributed by atoms with Crippen LogP contribution in [0.15, 0.2) is 24.3 Å². The number of benzene rings is 1. The first-order valence-corrected chi connectivity index (χ1v) is 6.55. The van der Waals surface area contributed by atoms with Gasteiger partial charge in [-0.3, -0.25) is 10.6 Å². The summed E-state index contributed by atoms with van der Waals surface area (Å²) in [5, 5.41) is 3.03. The average Bonchev–Trinajstić information content (AvgIpc) is 2.37. The molecule has 4 nitrogen and oxygen atoms in total. The second-order valence-electron chi connectivity index (χ2n) is 5.08. The van der Waals surface area contributed by atoms with Gasteiger partial charge in [0.1, 0.15) is 0 Å². The molecule has 0 unspecified atom stereocenters. The number of carbonyl (C=O) groups is 1. The van der Waals surface area contributed by atoms with Crippen molar-refractivity contribution in [2.24, 2.45) is 11.3 Å². The van der Waals surface area contributed by atoms with Crippen molar-refractivity contribution in [3.63, 3.8) is 0 Å². The first kappa shape index (κ1) is 12.9. The van der Waals surface area contributed by atoms with Gasteiger partial charge in [-0.25, -0.2) is 0 Å². The molecule has 0 radical (unpaired) electrons. The smallest absolute Gasteiger partial charge is 0.253 e. The molecule has 0 spiro atoms. The van der Waals surface area contributed by atoms with E-state index in [1.54, 1.807) is 12.1 Å². The number of rotatable bonds is 5. The number of nitrogens with two attached hydrogens (primary N) is 1. The van der Waals surface area contributed by atoms with E-state index in [1.165, 1.54) is 19.3 Å². The fourth-order valence-electron chi connectivity index (χ4n) is 2.50. The van der Waals surface area contributed by atoms with Crippen LogP contribution in [0.2, 0.25) is 0 Å². The number of hydrazine groups is 1. The second kappa shape index (κ2) is 5.40. The zero-order chi connectivity index (χ0) is 13.0. The van der Waals surface area contributed by atoms with Crippen molar-refractivity contribution in [3.8, 4) is 0 Å². The van der Waals surface area contributed by atoms with Gasteiger partial charge >= 0.3 is 0 Å². The largest absolute Gasteiger partial charge is 0.351 e. The molecule has 1 aliphatic rings. The minimum Gasteiger partial charge on any atom is -0.351 e. The van der Waals surface area contributed by atoms with Gasteiger partial charge in [-0.15, -0.1) is 0 Å². The van der Waals surface area contributed by atoms with Crippen molar-refractivity contribution in [2.45, 2.75) is 32.6 Å². The number of nitrogens with one attached hydrogen (secondary N) is 2. The molecule has 1 fully saturated rings. The van der Waals surface area contributed by atoms with E-state index in [9.17, 15) is 4.79 Å². The molecular weight excluding hydrogens is 226 g/mol. The topological polar surface area (TPSA) is 67.2 Å². The number of para-hydroxylation sites is 1. The Balaban J connectivity index is 1.99. The van der Waals surface area contributed by atoms with Crippen molar-refractivity contribution < 1.29 is 4.79 Å². The molecule has 98 valence electrons. The highest BCUT2D eigenvalue weighted by Gasteiger charge is 2.35. The van der Waals surface area contributed by atoms with Gasteiger partial charge in [0.15, 0.2) is 0 Å². The van der Waals surface area contributed by atoms with Gasteiger partial charge in [0.05, 0.1) is 11.3 Å². The molecule has 4 N–H and O–H groups in total. The standard InChI is InChI=1S/C14H21N3O/c1-2-14(8-5-9-14)10-16-13(18)11-6-3-4-7-12(11)17-15/h3-4,6-7,17H,2,5,8-10,15H2,1H3,(H,16,18). The number of nitrogen functional groups attached to an aromatic ring is 1. The van der Waals surface area contributed by atoms with E-state index < -0.39 is 0 Å². The molecule has 0 saturated heterocycles. The normalized spacial score (nSPS) is 16.8. The lowest BCUT2D eigenvalue weighted by Gasteiger charge is -2.41. The Bertz CT molecular complexity index is 421. The van der Waals surface area contributed by atoms with Crippen LogP contribution in [0.25, 0.3) is 0 Å². The molecule has 0 heterocycles. The summed E-state index contributed by atoms with van der Waals surface area (Å²) in [7, 11) is 0. The highest BCUT2D eigenvalue weighted by Crippen LogP contribution is 2.43. The van der Waals surface area contributed by atoms with Gasteiger partial charge in [-0.1, -0.05) is 25.5 Å². The maximum atomic E-state index is 12.1. The summed E-state index contributed by atoms with van der Waals surface area (Å²) in [6.45, 7) is 2.96. The van der Waals surface area contributed by atoms with E-state index in [1.807, 2.05) is 12.1 Å². The number of hydrogen-bond acceptors (Lipinski definition) is 3. The summed E-state index contributed by atoms with van der Waals surface area (Å²) in [5.74, 6) is 5.35. The van der Waals surface area contributed by atoms with E-state index >= 15 is 0 Å². The van der Waals surface area contributed by atoms with E-state index in [0.29, 0.717) is 16.7 Å². The Kier molecular flexibility index (Phi) is 3.87. The van der Waals surface area contributed by atoms with Crippen molar-refractivity contribution in [1.29, 1.82) is 0 Å². The van der Waals surface area contributed by atoms with Crippen LogP contribution in [0.1, 0.15) is 43.0 Å². The summed E-state index contributed by atoms with van der Waals surface area (Å²) in [6, 6.07) is 7.28. The quantitative estimate of drug-likeness (QED) is 0.552. The van der Waals surface area contributed by atoms with Gasteiger partial charge in [0, 0.05) is 6.54 Å². The lowest BCUT2D eigenvalue weighted by Crippen LogP contribution is -2.41. The first-order valence-electron chi connectivity index (χ1n) is 6.55. The predicted molar refractivity (Wildman–Crippen MR) is 73.2 cm³/mol. The third kappa shape index (κ3) is 2.48. The van der Waals surface area contributed by atoms with E-state index in [0.717, 1.165) is 13.0 Å². The van der Waals surface area contributed by atoms with Crippen molar-refractivity contribution >= 4 is 11.6 Å². The molecule has 1 aromatic rings. The highest BCUT2D eigenvalue weighted by molar-refractivity contribution is 5.99. The number of anilines is 1. The summed E-state index contributed by atoms with van der Waals surface area (Å²) in [4.78, 5) is 12.1. The zero-order valence-electron chi connectivity index (χ0n) is 10.8. The summed E-state index contributed by atoms with van der Waals surface area (Å²) in [6.07, 6.45) is 4.86. The van der Waals surface area contributed by atoms with Crippen LogP contribution in [0.3, 0.4) is 0 Å². The summed E-state index contributed by atoms with van der Waals surface area (Å²) in [5.41, 5.74) is 4.15. The minimum atomic E-state index is -0.0525. The van der Waals surface area contributed by atoms with Gasteiger partial charge in [0.25, 0.3) is 5.91 Å². The Hall–Kier alpha value is -1.55. The van der Waals surface area contributed by atoms with Crippen molar-refractivity contribution in [1.82, 2.24) is 5.32 Å². The van der Waals surface area contributed by atoms with E-state index in [4.69, 9.17) is 5.84 Å². The second-order valence-corrected chi connectivity index (χ2v) is 5.08. The Morgan fingerprint density at radius 3 is 2.67 bits per heavy atom. The number of amides is 1. The van der Waals surface area contributed by atoms with Crippen LogP contribution >= 0.6 is 0 Å². The number of carbonyl (C=O) groups excluding carboxylic acids is 1. The van der Waals surface area contributed by atoms with Crippen LogP contribution in [-0.4, -0.2) is 12.5 Å². The van der Waals surface area contributed by atoms with E-state index in [-0.39, 0.29) is 5.91 Å². The van der Waals surface area contributed by atoms with Crippen molar-refractivity contribution in [3.05, 3.63) is 29.8 Å². The van der Waals surface area contributed by atoms with E-state index in [2.05, 4.69) is 17.7 Å². The lowest BCUT2D eigenvalue weighted by atomic mass is 9.67. The fourth-order valence-corrected chi connectivity index (χ4v) is 2.50. The summed E-state index contributed by atoms with van der Waals surface area (Å²) >= 11 is 0. The van der Waals surface area contributed by atoms with Gasteiger partial charge in [-0.2, -0.15) is 0 Å². The molecular formula is C14H21N3O. The highest BCUT2D eigenvalue weighted by atomic mass is 16.1. The molecule has 0 atom stereocenters.